The van der Waals surface area contributed by atoms with E-state index in [-0.39, 0.29) is 17.7 Å². The standard InChI is InChI=1S/C17H23NO3S/c1-3-22-11-13-4-6-14(7-5-13)16(19)18-9-8-15(17(20)21)12(2)10-18/h4-7,12,15H,3,8-11H2,1-2H3,(H,20,21). The van der Waals surface area contributed by atoms with Crippen molar-refractivity contribution >= 4 is 23.6 Å². The molecule has 0 saturated carbocycles. The maximum absolute atomic E-state index is 12.5. The van der Waals surface area contributed by atoms with Crippen molar-refractivity contribution in [3.8, 4) is 0 Å². The van der Waals surface area contributed by atoms with Crippen molar-refractivity contribution in [1.29, 1.82) is 0 Å². The molecule has 0 aliphatic carbocycles. The molecule has 0 aromatic heterocycles. The summed E-state index contributed by atoms with van der Waals surface area (Å²) in [4.78, 5) is 25.4. The third-order valence-corrected chi connectivity index (χ3v) is 5.13. The van der Waals surface area contributed by atoms with Crippen molar-refractivity contribution in [2.24, 2.45) is 11.8 Å². The summed E-state index contributed by atoms with van der Waals surface area (Å²) >= 11 is 1.86. The number of hydrogen-bond donors (Lipinski definition) is 1. The second kappa shape index (κ2) is 7.68. The highest BCUT2D eigenvalue weighted by molar-refractivity contribution is 7.98. The number of hydrogen-bond acceptors (Lipinski definition) is 3. The highest BCUT2D eigenvalue weighted by atomic mass is 32.2. The SMILES string of the molecule is CCSCc1ccc(C(=O)N2CCC(C(=O)O)C(C)C2)cc1. The van der Waals surface area contributed by atoms with Crippen LogP contribution in [-0.4, -0.2) is 40.7 Å². The minimum atomic E-state index is -0.752. The van der Waals surface area contributed by atoms with Gasteiger partial charge in [0, 0.05) is 24.4 Å². The van der Waals surface area contributed by atoms with Gasteiger partial charge in [0.25, 0.3) is 5.91 Å². The van der Waals surface area contributed by atoms with Crippen molar-refractivity contribution in [3.05, 3.63) is 35.4 Å². The first-order valence-electron chi connectivity index (χ1n) is 7.71. The predicted octanol–water partition coefficient (Wildman–Crippen LogP) is 3.12. The molecule has 1 N–H and O–H groups in total. The molecule has 1 amide bonds. The number of thioether (sulfide) groups is 1. The summed E-state index contributed by atoms with van der Waals surface area (Å²) in [7, 11) is 0. The van der Waals surface area contributed by atoms with Gasteiger partial charge in [-0.1, -0.05) is 26.0 Å². The van der Waals surface area contributed by atoms with E-state index in [1.165, 1.54) is 5.56 Å². The molecule has 1 saturated heterocycles. The number of nitrogens with zero attached hydrogens (tertiary/aromatic N) is 1. The fourth-order valence-corrected chi connectivity index (χ4v) is 3.48. The Morgan fingerprint density at radius 1 is 1.32 bits per heavy atom. The predicted molar refractivity (Wildman–Crippen MR) is 89.1 cm³/mol. The zero-order valence-electron chi connectivity index (χ0n) is 13.1. The minimum Gasteiger partial charge on any atom is -0.481 e. The van der Waals surface area contributed by atoms with Crippen LogP contribution in [0.4, 0.5) is 0 Å². The average Bonchev–Trinajstić information content (AvgIpc) is 2.52. The lowest BCUT2D eigenvalue weighted by atomic mass is 9.87. The zero-order chi connectivity index (χ0) is 16.1. The number of carboxylic acids is 1. The molecule has 1 aliphatic heterocycles. The van der Waals surface area contributed by atoms with Gasteiger partial charge in [0.05, 0.1) is 5.92 Å². The van der Waals surface area contributed by atoms with Crippen LogP contribution in [0.5, 0.6) is 0 Å². The molecule has 2 unspecified atom stereocenters. The lowest BCUT2D eigenvalue weighted by Gasteiger charge is -2.35. The summed E-state index contributed by atoms with van der Waals surface area (Å²) in [5, 5.41) is 9.15. The van der Waals surface area contributed by atoms with Crippen molar-refractivity contribution in [2.45, 2.75) is 26.0 Å². The second-order valence-corrected chi connectivity index (χ2v) is 7.07. The normalized spacial score (nSPS) is 21.6. The number of carbonyl (C=O) groups excluding carboxylic acids is 1. The minimum absolute atomic E-state index is 0.00423. The molecule has 0 radical (unpaired) electrons. The van der Waals surface area contributed by atoms with Crippen LogP contribution >= 0.6 is 11.8 Å². The van der Waals surface area contributed by atoms with Crippen molar-refractivity contribution < 1.29 is 14.7 Å². The molecule has 1 heterocycles. The van der Waals surface area contributed by atoms with Gasteiger partial charge in [0.2, 0.25) is 0 Å². The number of piperidine rings is 1. The molecule has 2 atom stereocenters. The van der Waals surface area contributed by atoms with Crippen LogP contribution < -0.4 is 0 Å². The maximum Gasteiger partial charge on any atom is 0.306 e. The van der Waals surface area contributed by atoms with Gasteiger partial charge in [-0.3, -0.25) is 9.59 Å². The Hall–Kier alpha value is -1.49. The van der Waals surface area contributed by atoms with E-state index in [2.05, 4.69) is 6.92 Å². The Morgan fingerprint density at radius 2 is 2.00 bits per heavy atom. The molecule has 2 rings (SSSR count). The van der Waals surface area contributed by atoms with Gasteiger partial charge >= 0.3 is 5.97 Å². The Balaban J connectivity index is 1.98. The molecule has 5 heteroatoms. The highest BCUT2D eigenvalue weighted by Crippen LogP contribution is 2.25. The number of carboxylic acid groups (broad SMARTS) is 1. The number of amides is 1. The van der Waals surface area contributed by atoms with E-state index in [0.717, 1.165) is 11.5 Å². The monoisotopic (exact) mass is 321 g/mol. The van der Waals surface area contributed by atoms with Crippen LogP contribution in [0.2, 0.25) is 0 Å². The molecule has 22 heavy (non-hydrogen) atoms. The van der Waals surface area contributed by atoms with E-state index in [9.17, 15) is 9.59 Å². The van der Waals surface area contributed by atoms with Gasteiger partial charge in [0.1, 0.15) is 0 Å². The van der Waals surface area contributed by atoms with Crippen LogP contribution in [0.1, 0.15) is 36.2 Å². The topological polar surface area (TPSA) is 57.6 Å². The molecule has 0 spiro atoms. The third-order valence-electron chi connectivity index (χ3n) is 4.18. The maximum atomic E-state index is 12.5. The Labute approximate surface area is 135 Å². The van der Waals surface area contributed by atoms with Crippen LogP contribution in [0.3, 0.4) is 0 Å². The lowest BCUT2D eigenvalue weighted by Crippen LogP contribution is -2.45. The Kier molecular flexibility index (Phi) is 5.89. The molecule has 0 bridgehead atoms. The van der Waals surface area contributed by atoms with Gasteiger partial charge in [-0.05, 0) is 35.8 Å². The van der Waals surface area contributed by atoms with Gasteiger partial charge in [-0.15, -0.1) is 0 Å². The van der Waals surface area contributed by atoms with E-state index >= 15 is 0 Å². The first kappa shape index (κ1) is 16.9. The van der Waals surface area contributed by atoms with Crippen molar-refractivity contribution in [3.63, 3.8) is 0 Å². The van der Waals surface area contributed by atoms with Crippen LogP contribution in [0.15, 0.2) is 24.3 Å². The largest absolute Gasteiger partial charge is 0.481 e. The Morgan fingerprint density at radius 3 is 2.55 bits per heavy atom. The number of benzene rings is 1. The van der Waals surface area contributed by atoms with Gasteiger partial charge in [-0.25, -0.2) is 0 Å². The van der Waals surface area contributed by atoms with E-state index < -0.39 is 5.97 Å². The van der Waals surface area contributed by atoms with Gasteiger partial charge in [-0.2, -0.15) is 11.8 Å². The van der Waals surface area contributed by atoms with E-state index in [0.29, 0.717) is 25.1 Å². The molecule has 1 fully saturated rings. The van der Waals surface area contributed by atoms with Crippen molar-refractivity contribution in [1.82, 2.24) is 4.90 Å². The number of carbonyl (C=O) groups is 2. The summed E-state index contributed by atoms with van der Waals surface area (Å²) in [6.07, 6.45) is 0.535. The molecule has 4 nitrogen and oxygen atoms in total. The van der Waals surface area contributed by atoms with Crippen LogP contribution in [0.25, 0.3) is 0 Å². The van der Waals surface area contributed by atoms with Gasteiger partial charge in [0.15, 0.2) is 0 Å². The Bertz CT molecular complexity index is 529. The van der Waals surface area contributed by atoms with Crippen LogP contribution in [0, 0.1) is 11.8 Å². The average molecular weight is 321 g/mol. The first-order chi connectivity index (χ1) is 10.5. The smallest absolute Gasteiger partial charge is 0.306 e. The summed E-state index contributed by atoms with van der Waals surface area (Å²) in [6, 6.07) is 7.76. The fraction of sp³-hybridized carbons (Fsp3) is 0.529. The number of rotatable bonds is 5. The lowest BCUT2D eigenvalue weighted by molar-refractivity contribution is -0.145. The zero-order valence-corrected chi connectivity index (χ0v) is 13.9. The first-order valence-corrected chi connectivity index (χ1v) is 8.87. The molecule has 1 aromatic carbocycles. The van der Waals surface area contributed by atoms with Crippen LogP contribution in [-0.2, 0) is 10.5 Å². The van der Waals surface area contributed by atoms with Gasteiger partial charge < -0.3 is 10.0 Å². The molecule has 1 aromatic rings. The van der Waals surface area contributed by atoms with Crippen molar-refractivity contribution in [2.75, 3.05) is 18.8 Å². The highest BCUT2D eigenvalue weighted by Gasteiger charge is 2.33. The number of aliphatic carboxylic acids is 1. The molecule has 120 valence electrons. The third kappa shape index (κ3) is 4.03. The fourth-order valence-electron chi connectivity index (χ4n) is 2.84. The molecule has 1 aliphatic rings. The van der Waals surface area contributed by atoms with E-state index in [1.54, 1.807) is 4.90 Å². The summed E-state index contributed by atoms with van der Waals surface area (Å²) in [5.41, 5.74) is 1.91. The second-order valence-electron chi connectivity index (χ2n) is 5.80. The summed E-state index contributed by atoms with van der Waals surface area (Å²) < 4.78 is 0. The molecular formula is C17H23NO3S. The summed E-state index contributed by atoms with van der Waals surface area (Å²) in [6.45, 7) is 5.07. The quantitative estimate of drug-likeness (QED) is 0.905. The van der Waals surface area contributed by atoms with E-state index in [1.807, 2.05) is 43.0 Å². The summed E-state index contributed by atoms with van der Waals surface area (Å²) in [5.74, 6) is 0.957. The number of likely N-dealkylation sites (tertiary alicyclic amines) is 1. The van der Waals surface area contributed by atoms with E-state index in [4.69, 9.17) is 5.11 Å². The molecular weight excluding hydrogens is 298 g/mol.